The molecular formula is C16H18F2N4O. The molecule has 0 bridgehead atoms. The van der Waals surface area contributed by atoms with Crippen LogP contribution in [0.1, 0.15) is 29.7 Å². The standard InChI is InChI=1S/C16H18F2N4O/c1-10-14(9-11-12(17)5-4-6-13(11)18)19-16(20-15(10)23)21-22-7-2-3-8-22/h4-6H,2-3,7-9H2,1H3,(H2,19,20,21,23). The molecule has 1 aromatic carbocycles. The number of nitrogens with zero attached hydrogens (tertiary/aromatic N) is 2. The van der Waals surface area contributed by atoms with E-state index in [1.54, 1.807) is 6.92 Å². The van der Waals surface area contributed by atoms with E-state index in [2.05, 4.69) is 15.4 Å². The highest BCUT2D eigenvalue weighted by Gasteiger charge is 2.16. The van der Waals surface area contributed by atoms with Crippen LogP contribution in [0.2, 0.25) is 0 Å². The van der Waals surface area contributed by atoms with Gasteiger partial charge in [-0.25, -0.2) is 18.8 Å². The SMILES string of the molecule is Cc1c(Cc2c(F)cccc2F)nc(NN2CCCC2)[nH]c1=O. The first kappa shape index (κ1) is 15.6. The van der Waals surface area contributed by atoms with Gasteiger partial charge in [0.15, 0.2) is 0 Å². The van der Waals surface area contributed by atoms with Gasteiger partial charge in [0.1, 0.15) is 11.6 Å². The van der Waals surface area contributed by atoms with E-state index in [0.29, 0.717) is 17.2 Å². The largest absolute Gasteiger partial charge is 0.291 e. The molecule has 2 heterocycles. The van der Waals surface area contributed by atoms with E-state index >= 15 is 0 Å². The number of hydrogen-bond acceptors (Lipinski definition) is 4. The number of hydrazine groups is 1. The van der Waals surface area contributed by atoms with Crippen molar-refractivity contribution in [3.05, 3.63) is 57.0 Å². The normalized spacial score (nSPS) is 15.1. The molecule has 1 aliphatic heterocycles. The zero-order valence-electron chi connectivity index (χ0n) is 12.8. The summed E-state index contributed by atoms with van der Waals surface area (Å²) in [7, 11) is 0. The van der Waals surface area contributed by atoms with Crippen LogP contribution in [0.3, 0.4) is 0 Å². The molecule has 0 amide bonds. The third-order valence-electron chi connectivity index (χ3n) is 4.03. The van der Waals surface area contributed by atoms with Crippen LogP contribution in [0.4, 0.5) is 14.7 Å². The lowest BCUT2D eigenvalue weighted by Gasteiger charge is -2.17. The molecule has 2 aromatic rings. The Morgan fingerprint density at radius 3 is 2.57 bits per heavy atom. The molecule has 0 atom stereocenters. The Bertz CT molecular complexity index is 749. The highest BCUT2D eigenvalue weighted by Crippen LogP contribution is 2.18. The van der Waals surface area contributed by atoms with Crippen molar-refractivity contribution in [3.63, 3.8) is 0 Å². The molecule has 0 radical (unpaired) electrons. The molecule has 7 heteroatoms. The minimum atomic E-state index is -0.638. The molecule has 1 saturated heterocycles. The second kappa shape index (κ2) is 6.45. The first-order chi connectivity index (χ1) is 11.0. The number of anilines is 1. The second-order valence-electron chi connectivity index (χ2n) is 5.67. The topological polar surface area (TPSA) is 61.0 Å². The molecule has 0 aliphatic carbocycles. The van der Waals surface area contributed by atoms with Gasteiger partial charge in [0.2, 0.25) is 5.95 Å². The summed E-state index contributed by atoms with van der Waals surface area (Å²) in [6.45, 7) is 3.34. The Morgan fingerprint density at radius 2 is 1.91 bits per heavy atom. The first-order valence-corrected chi connectivity index (χ1v) is 7.59. The van der Waals surface area contributed by atoms with Crippen LogP contribution in [-0.2, 0) is 6.42 Å². The van der Waals surface area contributed by atoms with Gasteiger partial charge in [0, 0.05) is 30.6 Å². The van der Waals surface area contributed by atoms with Crippen LogP contribution in [0.5, 0.6) is 0 Å². The number of aromatic nitrogens is 2. The minimum Gasteiger partial charge on any atom is -0.291 e. The monoisotopic (exact) mass is 320 g/mol. The second-order valence-corrected chi connectivity index (χ2v) is 5.67. The summed E-state index contributed by atoms with van der Waals surface area (Å²) in [6.07, 6.45) is 2.09. The van der Waals surface area contributed by atoms with E-state index in [1.807, 2.05) is 5.01 Å². The maximum atomic E-state index is 13.8. The van der Waals surface area contributed by atoms with Crippen molar-refractivity contribution < 1.29 is 8.78 Å². The number of nitrogens with one attached hydrogen (secondary N) is 2. The van der Waals surface area contributed by atoms with Crippen LogP contribution < -0.4 is 11.0 Å². The Balaban J connectivity index is 1.91. The highest BCUT2D eigenvalue weighted by atomic mass is 19.1. The maximum absolute atomic E-state index is 13.8. The van der Waals surface area contributed by atoms with E-state index < -0.39 is 11.6 Å². The molecule has 0 unspecified atom stereocenters. The van der Waals surface area contributed by atoms with Crippen LogP contribution in [0, 0.1) is 18.6 Å². The Morgan fingerprint density at radius 1 is 1.26 bits per heavy atom. The summed E-state index contributed by atoms with van der Waals surface area (Å²) >= 11 is 0. The fraction of sp³-hybridized carbons (Fsp3) is 0.375. The molecule has 5 nitrogen and oxygen atoms in total. The van der Waals surface area contributed by atoms with Crippen molar-refractivity contribution in [3.8, 4) is 0 Å². The van der Waals surface area contributed by atoms with E-state index in [-0.39, 0.29) is 17.5 Å². The summed E-state index contributed by atoms with van der Waals surface area (Å²) in [5.74, 6) is -0.977. The fourth-order valence-corrected chi connectivity index (χ4v) is 2.65. The van der Waals surface area contributed by atoms with Crippen molar-refractivity contribution in [1.29, 1.82) is 0 Å². The lowest BCUT2D eigenvalue weighted by Crippen LogP contribution is -2.29. The molecule has 1 fully saturated rings. The van der Waals surface area contributed by atoms with Crippen LogP contribution in [0.25, 0.3) is 0 Å². The number of aromatic amines is 1. The number of halogens is 2. The molecule has 23 heavy (non-hydrogen) atoms. The third-order valence-corrected chi connectivity index (χ3v) is 4.03. The molecule has 1 aromatic heterocycles. The summed E-state index contributed by atoms with van der Waals surface area (Å²) in [6, 6.07) is 3.71. The van der Waals surface area contributed by atoms with Gasteiger partial charge in [0.05, 0.1) is 5.69 Å². The van der Waals surface area contributed by atoms with Gasteiger partial charge in [-0.3, -0.25) is 15.2 Å². The molecule has 0 spiro atoms. The maximum Gasteiger partial charge on any atom is 0.255 e. The zero-order valence-corrected chi connectivity index (χ0v) is 12.8. The third kappa shape index (κ3) is 3.39. The lowest BCUT2D eigenvalue weighted by molar-refractivity contribution is 0.405. The summed E-state index contributed by atoms with van der Waals surface area (Å²) < 4.78 is 27.6. The molecule has 2 N–H and O–H groups in total. The average molecular weight is 320 g/mol. The molecular weight excluding hydrogens is 302 g/mol. The molecule has 122 valence electrons. The van der Waals surface area contributed by atoms with Crippen LogP contribution >= 0.6 is 0 Å². The minimum absolute atomic E-state index is 0.0665. The first-order valence-electron chi connectivity index (χ1n) is 7.59. The zero-order chi connectivity index (χ0) is 16.4. The fourth-order valence-electron chi connectivity index (χ4n) is 2.65. The number of H-pyrrole nitrogens is 1. The van der Waals surface area contributed by atoms with Crippen LogP contribution in [-0.4, -0.2) is 28.1 Å². The van der Waals surface area contributed by atoms with Crippen molar-refractivity contribution in [2.45, 2.75) is 26.2 Å². The number of rotatable bonds is 4. The van der Waals surface area contributed by atoms with Gasteiger partial charge in [-0.1, -0.05) is 6.07 Å². The van der Waals surface area contributed by atoms with Crippen molar-refractivity contribution in [2.24, 2.45) is 0 Å². The lowest BCUT2D eigenvalue weighted by atomic mass is 10.1. The van der Waals surface area contributed by atoms with Crippen molar-refractivity contribution in [2.75, 3.05) is 18.5 Å². The van der Waals surface area contributed by atoms with Gasteiger partial charge >= 0.3 is 0 Å². The number of hydrogen-bond donors (Lipinski definition) is 2. The quantitative estimate of drug-likeness (QED) is 0.908. The predicted octanol–water partition coefficient (Wildman–Crippen LogP) is 2.37. The highest BCUT2D eigenvalue weighted by molar-refractivity contribution is 5.33. The molecule has 1 aliphatic rings. The Kier molecular flexibility index (Phi) is 4.38. The Hall–Kier alpha value is -2.28. The van der Waals surface area contributed by atoms with Crippen molar-refractivity contribution >= 4 is 5.95 Å². The van der Waals surface area contributed by atoms with Gasteiger partial charge in [-0.15, -0.1) is 0 Å². The van der Waals surface area contributed by atoms with E-state index in [9.17, 15) is 13.6 Å². The molecule has 3 rings (SSSR count). The van der Waals surface area contributed by atoms with Crippen molar-refractivity contribution in [1.82, 2.24) is 15.0 Å². The van der Waals surface area contributed by atoms with Gasteiger partial charge in [0.25, 0.3) is 5.56 Å². The summed E-state index contributed by atoms with van der Waals surface area (Å²) in [5, 5.41) is 1.96. The summed E-state index contributed by atoms with van der Waals surface area (Å²) in [4.78, 5) is 19.0. The van der Waals surface area contributed by atoms with E-state index in [4.69, 9.17) is 0 Å². The predicted molar refractivity (Wildman–Crippen MR) is 83.2 cm³/mol. The summed E-state index contributed by atoms with van der Waals surface area (Å²) in [5.41, 5.74) is 3.37. The van der Waals surface area contributed by atoms with E-state index in [0.717, 1.165) is 25.9 Å². The smallest absolute Gasteiger partial charge is 0.255 e. The van der Waals surface area contributed by atoms with Crippen LogP contribution in [0.15, 0.2) is 23.0 Å². The van der Waals surface area contributed by atoms with Gasteiger partial charge < -0.3 is 0 Å². The molecule has 0 saturated carbocycles. The van der Waals surface area contributed by atoms with Gasteiger partial charge in [-0.2, -0.15) is 0 Å². The average Bonchev–Trinajstić information content (AvgIpc) is 3.00. The van der Waals surface area contributed by atoms with E-state index in [1.165, 1.54) is 18.2 Å². The van der Waals surface area contributed by atoms with Gasteiger partial charge in [-0.05, 0) is 31.9 Å². The number of benzene rings is 1. The Labute approximate surface area is 132 Å².